The van der Waals surface area contributed by atoms with Gasteiger partial charge in [-0.2, -0.15) is 5.26 Å². The van der Waals surface area contributed by atoms with Gasteiger partial charge in [0.15, 0.2) is 0 Å². The lowest BCUT2D eigenvalue weighted by molar-refractivity contribution is -0.384. The van der Waals surface area contributed by atoms with Gasteiger partial charge in [0, 0.05) is 30.9 Å². The number of nitrogens with one attached hydrogen (secondary N) is 1. The van der Waals surface area contributed by atoms with Gasteiger partial charge in [-0.3, -0.25) is 10.1 Å². The number of anilines is 1. The molecule has 2 rings (SSSR count). The molecule has 0 spiro atoms. The molecule has 1 unspecified atom stereocenters. The molecule has 6 nitrogen and oxygen atoms in total. The Morgan fingerprint density at radius 3 is 2.62 bits per heavy atom. The van der Waals surface area contributed by atoms with Crippen molar-refractivity contribution in [3.63, 3.8) is 0 Å². The minimum atomic E-state index is -0.522. The fourth-order valence-corrected chi connectivity index (χ4v) is 2.43. The zero-order valence-electron chi connectivity index (χ0n) is 13.0. The van der Waals surface area contributed by atoms with Crippen molar-refractivity contribution in [2.24, 2.45) is 0 Å². The predicted octanol–water partition coefficient (Wildman–Crippen LogP) is 4.31. The minimum absolute atomic E-state index is 0.114. The van der Waals surface area contributed by atoms with Gasteiger partial charge in [-0.15, -0.1) is 0 Å². The van der Waals surface area contributed by atoms with Crippen LogP contribution in [-0.4, -0.2) is 18.6 Å². The number of nitro groups is 1. The summed E-state index contributed by atoms with van der Waals surface area (Å²) in [4.78, 5) is 10.3. The Hall–Kier alpha value is -2.62. The fraction of sp³-hybridized carbons (Fsp3) is 0.235. The van der Waals surface area contributed by atoms with Gasteiger partial charge in [0.2, 0.25) is 0 Å². The Bertz CT molecular complexity index is 757. The SMILES string of the molecule is COCCC(Nc1ccc([N+](=O)[O-])cc1C#N)c1ccc(Cl)cc1. The third-order valence-corrected chi connectivity index (χ3v) is 3.80. The Labute approximate surface area is 144 Å². The molecule has 7 heteroatoms. The molecule has 0 fully saturated rings. The van der Waals surface area contributed by atoms with E-state index in [0.29, 0.717) is 23.7 Å². The van der Waals surface area contributed by atoms with E-state index in [2.05, 4.69) is 5.32 Å². The number of nitrogens with zero attached hydrogens (tertiary/aromatic N) is 2. The van der Waals surface area contributed by atoms with E-state index < -0.39 is 4.92 Å². The molecule has 0 aromatic heterocycles. The molecule has 2 aromatic carbocycles. The van der Waals surface area contributed by atoms with Crippen LogP contribution in [0.1, 0.15) is 23.6 Å². The van der Waals surface area contributed by atoms with Crippen molar-refractivity contribution < 1.29 is 9.66 Å². The highest BCUT2D eigenvalue weighted by Crippen LogP contribution is 2.28. The molecule has 124 valence electrons. The molecule has 1 N–H and O–H groups in total. The molecule has 0 aliphatic heterocycles. The van der Waals surface area contributed by atoms with E-state index in [0.717, 1.165) is 5.56 Å². The van der Waals surface area contributed by atoms with Crippen molar-refractivity contribution in [3.8, 4) is 6.07 Å². The molecule has 0 aliphatic carbocycles. The quantitative estimate of drug-likeness (QED) is 0.596. The van der Waals surface area contributed by atoms with Crippen LogP contribution in [0.5, 0.6) is 0 Å². The lowest BCUT2D eigenvalue weighted by Gasteiger charge is -2.21. The number of hydrogen-bond acceptors (Lipinski definition) is 5. The van der Waals surface area contributed by atoms with Crippen LogP contribution in [0.25, 0.3) is 0 Å². The smallest absolute Gasteiger partial charge is 0.270 e. The number of rotatable bonds is 7. The third kappa shape index (κ3) is 4.44. The average molecular weight is 346 g/mol. The molecular formula is C17H16ClN3O3. The normalized spacial score (nSPS) is 11.5. The van der Waals surface area contributed by atoms with E-state index in [1.165, 1.54) is 12.1 Å². The highest BCUT2D eigenvalue weighted by atomic mass is 35.5. The number of halogens is 1. The zero-order valence-corrected chi connectivity index (χ0v) is 13.8. The number of non-ortho nitro benzene ring substituents is 1. The second-order valence-electron chi connectivity index (χ2n) is 5.13. The first-order valence-corrected chi connectivity index (χ1v) is 7.62. The maximum Gasteiger partial charge on any atom is 0.270 e. The van der Waals surface area contributed by atoms with Crippen molar-refractivity contribution in [2.75, 3.05) is 19.0 Å². The Morgan fingerprint density at radius 1 is 1.33 bits per heavy atom. The van der Waals surface area contributed by atoms with E-state index in [9.17, 15) is 15.4 Å². The summed E-state index contributed by atoms with van der Waals surface area (Å²) in [6.07, 6.45) is 0.667. The molecule has 0 radical (unpaired) electrons. The van der Waals surface area contributed by atoms with Crippen LogP contribution in [0.15, 0.2) is 42.5 Å². The van der Waals surface area contributed by atoms with E-state index in [1.54, 1.807) is 25.3 Å². The topological polar surface area (TPSA) is 88.2 Å². The van der Waals surface area contributed by atoms with Gasteiger partial charge in [-0.1, -0.05) is 23.7 Å². The summed E-state index contributed by atoms with van der Waals surface area (Å²) in [5, 5.41) is 24.0. The van der Waals surface area contributed by atoms with Gasteiger partial charge in [-0.25, -0.2) is 0 Å². The van der Waals surface area contributed by atoms with Crippen LogP contribution in [0.3, 0.4) is 0 Å². The molecular weight excluding hydrogens is 330 g/mol. The highest BCUT2D eigenvalue weighted by Gasteiger charge is 2.16. The lowest BCUT2D eigenvalue weighted by Crippen LogP contribution is -2.14. The third-order valence-electron chi connectivity index (χ3n) is 3.55. The molecule has 24 heavy (non-hydrogen) atoms. The second kappa shape index (κ2) is 8.29. The predicted molar refractivity (Wildman–Crippen MR) is 92.1 cm³/mol. The summed E-state index contributed by atoms with van der Waals surface area (Å²) >= 11 is 5.92. The van der Waals surface area contributed by atoms with Gasteiger partial charge in [0.25, 0.3) is 5.69 Å². The molecule has 1 atom stereocenters. The average Bonchev–Trinajstić information content (AvgIpc) is 2.59. The van der Waals surface area contributed by atoms with Crippen LogP contribution in [-0.2, 0) is 4.74 Å². The van der Waals surface area contributed by atoms with Crippen molar-refractivity contribution in [1.29, 1.82) is 5.26 Å². The van der Waals surface area contributed by atoms with E-state index in [1.807, 2.05) is 18.2 Å². The molecule has 0 aliphatic rings. The van der Waals surface area contributed by atoms with Crippen LogP contribution in [0.2, 0.25) is 5.02 Å². The monoisotopic (exact) mass is 345 g/mol. The number of benzene rings is 2. The molecule has 2 aromatic rings. The summed E-state index contributed by atoms with van der Waals surface area (Å²) in [7, 11) is 1.62. The Kier molecular flexibility index (Phi) is 6.13. The van der Waals surface area contributed by atoms with Gasteiger partial charge in [-0.05, 0) is 30.2 Å². The Morgan fingerprint density at radius 2 is 2.04 bits per heavy atom. The van der Waals surface area contributed by atoms with Crippen LogP contribution in [0, 0.1) is 21.4 Å². The van der Waals surface area contributed by atoms with Crippen LogP contribution >= 0.6 is 11.6 Å². The van der Waals surface area contributed by atoms with E-state index in [-0.39, 0.29) is 17.3 Å². The van der Waals surface area contributed by atoms with Crippen molar-refractivity contribution in [2.45, 2.75) is 12.5 Å². The Balaban J connectivity index is 2.30. The summed E-state index contributed by atoms with van der Waals surface area (Å²) in [5.41, 5.74) is 1.63. The zero-order chi connectivity index (χ0) is 17.5. The summed E-state index contributed by atoms with van der Waals surface area (Å²) in [5.74, 6) is 0. The largest absolute Gasteiger partial charge is 0.385 e. The number of nitro benzene ring substituents is 1. The number of methoxy groups -OCH3 is 1. The van der Waals surface area contributed by atoms with Gasteiger partial charge >= 0.3 is 0 Å². The maximum absolute atomic E-state index is 10.8. The molecule has 0 saturated carbocycles. The number of nitriles is 1. The molecule has 0 bridgehead atoms. The number of hydrogen-bond donors (Lipinski definition) is 1. The van der Waals surface area contributed by atoms with Crippen LogP contribution in [0.4, 0.5) is 11.4 Å². The molecule has 0 heterocycles. The highest BCUT2D eigenvalue weighted by molar-refractivity contribution is 6.30. The van der Waals surface area contributed by atoms with Gasteiger partial charge in [0.05, 0.1) is 22.2 Å². The van der Waals surface area contributed by atoms with Crippen LogP contribution < -0.4 is 5.32 Å². The first kappa shape index (κ1) is 17.7. The molecule has 0 amide bonds. The fourth-order valence-electron chi connectivity index (χ4n) is 2.30. The van der Waals surface area contributed by atoms with E-state index in [4.69, 9.17) is 16.3 Å². The van der Waals surface area contributed by atoms with E-state index >= 15 is 0 Å². The number of ether oxygens (including phenoxy) is 1. The van der Waals surface area contributed by atoms with Gasteiger partial charge < -0.3 is 10.1 Å². The lowest BCUT2D eigenvalue weighted by atomic mass is 10.0. The summed E-state index contributed by atoms with van der Waals surface area (Å²) < 4.78 is 5.14. The standard InChI is InChI=1S/C17H16ClN3O3/c1-24-9-8-17(12-2-4-14(18)5-3-12)20-16-7-6-15(21(22)23)10-13(16)11-19/h2-7,10,17,20H,8-9H2,1H3. The maximum atomic E-state index is 10.8. The van der Waals surface area contributed by atoms with Crippen molar-refractivity contribution >= 4 is 23.0 Å². The van der Waals surface area contributed by atoms with Crippen molar-refractivity contribution in [1.82, 2.24) is 0 Å². The van der Waals surface area contributed by atoms with Crippen molar-refractivity contribution in [3.05, 3.63) is 68.7 Å². The summed E-state index contributed by atoms with van der Waals surface area (Å²) in [6.45, 7) is 0.523. The first-order chi connectivity index (χ1) is 11.5. The first-order valence-electron chi connectivity index (χ1n) is 7.24. The second-order valence-corrected chi connectivity index (χ2v) is 5.57. The van der Waals surface area contributed by atoms with Gasteiger partial charge in [0.1, 0.15) is 6.07 Å². The minimum Gasteiger partial charge on any atom is -0.385 e. The summed E-state index contributed by atoms with van der Waals surface area (Å²) in [6, 6.07) is 13.4. The molecule has 0 saturated heterocycles.